The van der Waals surface area contributed by atoms with Gasteiger partial charge in [-0.2, -0.15) is 5.10 Å². The first-order valence-electron chi connectivity index (χ1n) is 8.55. The smallest absolute Gasteiger partial charge is 0.341 e. The van der Waals surface area contributed by atoms with Crippen molar-refractivity contribution in [3.63, 3.8) is 0 Å². The number of aromatic nitrogens is 3. The van der Waals surface area contributed by atoms with Crippen molar-refractivity contribution in [3.05, 3.63) is 77.4 Å². The summed E-state index contributed by atoms with van der Waals surface area (Å²) in [5.41, 5.74) is 3.14. The number of nitrogens with one attached hydrogen (secondary N) is 1. The fourth-order valence-electron chi connectivity index (χ4n) is 2.74. The molecular weight excluding hydrogens is 344 g/mol. The zero-order valence-electron chi connectivity index (χ0n) is 15.2. The van der Waals surface area contributed by atoms with Crippen molar-refractivity contribution in [2.45, 2.75) is 13.8 Å². The second-order valence-corrected chi connectivity index (χ2v) is 5.92. The highest BCUT2D eigenvalue weighted by Crippen LogP contribution is 2.18. The molecule has 2 heterocycles. The zero-order valence-corrected chi connectivity index (χ0v) is 15.2. The Balaban J connectivity index is 1.59. The molecule has 0 bridgehead atoms. The second kappa shape index (κ2) is 8.27. The molecule has 0 unspecified atom stereocenters. The summed E-state index contributed by atoms with van der Waals surface area (Å²) in [5.74, 6) is -0.692. The van der Waals surface area contributed by atoms with Crippen LogP contribution in [0, 0.1) is 13.8 Å². The Morgan fingerprint density at radius 2 is 1.78 bits per heavy atom. The van der Waals surface area contributed by atoms with E-state index in [0.717, 1.165) is 5.69 Å². The fraction of sp³-hybridized carbons (Fsp3) is 0.200. The van der Waals surface area contributed by atoms with E-state index < -0.39 is 5.97 Å². The van der Waals surface area contributed by atoms with Crippen molar-refractivity contribution >= 4 is 11.9 Å². The largest absolute Gasteiger partial charge is 0.460 e. The Labute approximate surface area is 157 Å². The molecule has 0 atom stereocenters. The van der Waals surface area contributed by atoms with E-state index in [9.17, 15) is 9.59 Å². The molecule has 0 aliphatic rings. The maximum Gasteiger partial charge on any atom is 0.341 e. The monoisotopic (exact) mass is 364 g/mol. The van der Waals surface area contributed by atoms with Gasteiger partial charge in [0.1, 0.15) is 12.2 Å². The molecule has 0 fully saturated rings. The molecular formula is C20H20N4O3. The van der Waals surface area contributed by atoms with Gasteiger partial charge in [-0.25, -0.2) is 9.48 Å². The van der Waals surface area contributed by atoms with Gasteiger partial charge in [0.25, 0.3) is 5.91 Å². The summed E-state index contributed by atoms with van der Waals surface area (Å²) < 4.78 is 7.03. The van der Waals surface area contributed by atoms with E-state index in [1.54, 1.807) is 36.1 Å². The average Bonchev–Trinajstić information content (AvgIpc) is 3.00. The van der Waals surface area contributed by atoms with E-state index in [-0.39, 0.29) is 19.1 Å². The molecule has 1 N–H and O–H groups in total. The van der Waals surface area contributed by atoms with E-state index in [0.29, 0.717) is 22.5 Å². The highest BCUT2D eigenvalue weighted by molar-refractivity contribution is 5.94. The van der Waals surface area contributed by atoms with Crippen LogP contribution in [0.4, 0.5) is 0 Å². The van der Waals surface area contributed by atoms with Gasteiger partial charge >= 0.3 is 5.97 Å². The average molecular weight is 364 g/mol. The van der Waals surface area contributed by atoms with Crippen LogP contribution in [-0.2, 0) is 4.74 Å². The lowest BCUT2D eigenvalue weighted by molar-refractivity contribution is 0.0501. The summed E-state index contributed by atoms with van der Waals surface area (Å²) in [6.07, 6.45) is 3.09. The summed E-state index contributed by atoms with van der Waals surface area (Å²) in [4.78, 5) is 28.2. The maximum atomic E-state index is 12.4. The highest BCUT2D eigenvalue weighted by atomic mass is 16.5. The molecule has 2 aromatic heterocycles. The van der Waals surface area contributed by atoms with Gasteiger partial charge in [-0.3, -0.25) is 9.78 Å². The minimum absolute atomic E-state index is 0.0745. The van der Waals surface area contributed by atoms with Crippen LogP contribution in [0.5, 0.6) is 0 Å². The number of nitrogens with zero attached hydrogens (tertiary/aromatic N) is 3. The highest BCUT2D eigenvalue weighted by Gasteiger charge is 2.20. The molecule has 0 aliphatic heterocycles. The van der Waals surface area contributed by atoms with Gasteiger partial charge in [0, 0.05) is 18.0 Å². The van der Waals surface area contributed by atoms with Crippen molar-refractivity contribution in [2.24, 2.45) is 0 Å². The quantitative estimate of drug-likeness (QED) is 0.536. The van der Waals surface area contributed by atoms with E-state index in [1.807, 2.05) is 37.3 Å². The molecule has 3 rings (SSSR count). The van der Waals surface area contributed by atoms with Crippen molar-refractivity contribution in [3.8, 4) is 5.69 Å². The normalized spacial score (nSPS) is 10.4. The van der Waals surface area contributed by atoms with Gasteiger partial charge in [-0.1, -0.05) is 18.2 Å². The standard InChI is InChI=1S/C20H20N4O3/c1-14-18(15(2)24(23-14)17-6-4-3-5-7-17)20(26)27-13-12-22-19(25)16-8-10-21-11-9-16/h3-11H,12-13H2,1-2H3,(H,22,25). The Morgan fingerprint density at radius 1 is 1.07 bits per heavy atom. The first-order chi connectivity index (χ1) is 13.1. The molecule has 7 heteroatoms. The Morgan fingerprint density at radius 3 is 2.48 bits per heavy atom. The van der Waals surface area contributed by atoms with Gasteiger partial charge in [0.05, 0.1) is 23.6 Å². The van der Waals surface area contributed by atoms with Crippen LogP contribution in [0.3, 0.4) is 0 Å². The number of aryl methyl sites for hydroxylation is 1. The number of amides is 1. The summed E-state index contributed by atoms with van der Waals surface area (Å²) >= 11 is 0. The lowest BCUT2D eigenvalue weighted by Crippen LogP contribution is -2.28. The first kappa shape index (κ1) is 18.3. The van der Waals surface area contributed by atoms with Crippen LogP contribution < -0.4 is 5.32 Å². The molecule has 1 amide bonds. The predicted molar refractivity (Wildman–Crippen MR) is 99.9 cm³/mol. The SMILES string of the molecule is Cc1nn(-c2ccccc2)c(C)c1C(=O)OCCNC(=O)c1ccncc1. The van der Waals surface area contributed by atoms with Crippen LogP contribution in [0.15, 0.2) is 54.9 Å². The second-order valence-electron chi connectivity index (χ2n) is 5.92. The van der Waals surface area contributed by atoms with Crippen molar-refractivity contribution in [1.82, 2.24) is 20.1 Å². The van der Waals surface area contributed by atoms with Crippen LogP contribution in [-0.4, -0.2) is 39.8 Å². The number of rotatable bonds is 6. The number of benzene rings is 1. The molecule has 0 spiro atoms. The van der Waals surface area contributed by atoms with Crippen LogP contribution in [0.1, 0.15) is 32.1 Å². The van der Waals surface area contributed by atoms with Gasteiger partial charge in [0.2, 0.25) is 0 Å². The first-order valence-corrected chi connectivity index (χ1v) is 8.55. The van der Waals surface area contributed by atoms with E-state index in [1.165, 1.54) is 0 Å². The number of hydrogen-bond acceptors (Lipinski definition) is 5. The lowest BCUT2D eigenvalue weighted by atomic mass is 10.2. The van der Waals surface area contributed by atoms with Crippen LogP contribution >= 0.6 is 0 Å². The number of hydrogen-bond donors (Lipinski definition) is 1. The van der Waals surface area contributed by atoms with Crippen molar-refractivity contribution in [2.75, 3.05) is 13.2 Å². The number of carbonyl (C=O) groups excluding carboxylic acids is 2. The van der Waals surface area contributed by atoms with Gasteiger partial charge in [-0.15, -0.1) is 0 Å². The Hall–Kier alpha value is -3.48. The molecule has 0 saturated heterocycles. The molecule has 138 valence electrons. The topological polar surface area (TPSA) is 86.1 Å². The summed E-state index contributed by atoms with van der Waals surface area (Å²) in [6, 6.07) is 12.8. The number of para-hydroxylation sites is 1. The molecule has 3 aromatic rings. The van der Waals surface area contributed by atoms with Gasteiger partial charge < -0.3 is 10.1 Å². The molecule has 7 nitrogen and oxygen atoms in total. The number of esters is 1. The third-order valence-corrected chi connectivity index (χ3v) is 4.06. The van der Waals surface area contributed by atoms with Gasteiger partial charge in [-0.05, 0) is 38.1 Å². The molecule has 0 aliphatic carbocycles. The number of carbonyl (C=O) groups is 2. The number of ether oxygens (including phenoxy) is 1. The molecule has 1 aromatic carbocycles. The van der Waals surface area contributed by atoms with E-state index in [4.69, 9.17) is 4.74 Å². The number of pyridine rings is 1. The maximum absolute atomic E-state index is 12.4. The Bertz CT molecular complexity index is 937. The summed E-state index contributed by atoms with van der Waals surface area (Å²) in [6.45, 7) is 3.89. The Kier molecular flexibility index (Phi) is 5.61. The van der Waals surface area contributed by atoms with Crippen molar-refractivity contribution < 1.29 is 14.3 Å². The zero-order chi connectivity index (χ0) is 19.2. The van der Waals surface area contributed by atoms with E-state index in [2.05, 4.69) is 15.4 Å². The summed E-state index contributed by atoms with van der Waals surface area (Å²) in [7, 11) is 0. The lowest BCUT2D eigenvalue weighted by Gasteiger charge is -2.08. The fourth-order valence-corrected chi connectivity index (χ4v) is 2.74. The van der Waals surface area contributed by atoms with Crippen LogP contribution in [0.2, 0.25) is 0 Å². The molecule has 27 heavy (non-hydrogen) atoms. The molecule has 0 radical (unpaired) electrons. The minimum Gasteiger partial charge on any atom is -0.460 e. The third-order valence-electron chi connectivity index (χ3n) is 4.06. The van der Waals surface area contributed by atoms with Gasteiger partial charge in [0.15, 0.2) is 0 Å². The third kappa shape index (κ3) is 4.20. The minimum atomic E-state index is -0.453. The van der Waals surface area contributed by atoms with E-state index >= 15 is 0 Å². The summed E-state index contributed by atoms with van der Waals surface area (Å²) in [5, 5.41) is 7.14. The predicted octanol–water partition coefficient (Wildman–Crippen LogP) is 2.47. The van der Waals surface area contributed by atoms with Crippen molar-refractivity contribution in [1.29, 1.82) is 0 Å². The van der Waals surface area contributed by atoms with Crippen LogP contribution in [0.25, 0.3) is 5.69 Å². The molecule has 0 saturated carbocycles.